The number of halogens is 1. The highest BCUT2D eigenvalue weighted by atomic mass is 79.9. The molecule has 1 N–H and O–H groups in total. The maximum absolute atomic E-state index is 5.86. The van der Waals surface area contributed by atoms with Crippen molar-refractivity contribution in [3.63, 3.8) is 0 Å². The molecule has 3 atom stereocenters. The van der Waals surface area contributed by atoms with Gasteiger partial charge in [-0.1, -0.05) is 52.3 Å². The van der Waals surface area contributed by atoms with E-state index in [2.05, 4.69) is 75.9 Å². The van der Waals surface area contributed by atoms with Crippen LogP contribution < -0.4 is 10.1 Å². The lowest BCUT2D eigenvalue weighted by Gasteiger charge is -2.38. The molecule has 0 spiro atoms. The Balaban J connectivity index is 1.78. The molecule has 1 aliphatic carbocycles. The third-order valence-corrected chi connectivity index (χ3v) is 5.42. The second-order valence-corrected chi connectivity index (χ2v) is 7.10. The molecular weight excluding hydrogens is 350 g/mol. The van der Waals surface area contributed by atoms with Crippen LogP contribution in [-0.4, -0.2) is 6.61 Å². The van der Waals surface area contributed by atoms with E-state index in [4.69, 9.17) is 4.74 Å². The first-order valence-electron chi connectivity index (χ1n) is 8.22. The number of rotatable bonds is 3. The van der Waals surface area contributed by atoms with E-state index in [0.29, 0.717) is 24.5 Å². The summed E-state index contributed by atoms with van der Waals surface area (Å²) in [7, 11) is 0. The fraction of sp³-hybridized carbons (Fsp3) is 0.300. The van der Waals surface area contributed by atoms with E-state index < -0.39 is 0 Å². The van der Waals surface area contributed by atoms with Crippen molar-refractivity contribution in [1.29, 1.82) is 0 Å². The fourth-order valence-electron chi connectivity index (χ4n) is 3.87. The molecule has 1 heterocycles. The first kappa shape index (κ1) is 14.8. The molecule has 2 aromatic carbocycles. The maximum Gasteiger partial charge on any atom is 0.142 e. The lowest BCUT2D eigenvalue weighted by atomic mass is 9.77. The van der Waals surface area contributed by atoms with Gasteiger partial charge in [-0.15, -0.1) is 0 Å². The molecule has 3 unspecified atom stereocenters. The van der Waals surface area contributed by atoms with Crippen LogP contribution in [0.2, 0.25) is 0 Å². The van der Waals surface area contributed by atoms with Crippen molar-refractivity contribution in [3.8, 4) is 5.75 Å². The van der Waals surface area contributed by atoms with Crippen molar-refractivity contribution in [2.45, 2.75) is 25.3 Å². The molecule has 0 amide bonds. The number of anilines is 1. The smallest absolute Gasteiger partial charge is 0.142 e. The van der Waals surface area contributed by atoms with Crippen molar-refractivity contribution >= 4 is 21.6 Å². The minimum absolute atomic E-state index is 0.317. The Hall–Kier alpha value is -1.74. The topological polar surface area (TPSA) is 21.3 Å². The Kier molecular flexibility index (Phi) is 3.90. The van der Waals surface area contributed by atoms with Crippen LogP contribution in [0.3, 0.4) is 0 Å². The van der Waals surface area contributed by atoms with E-state index >= 15 is 0 Å². The zero-order chi connectivity index (χ0) is 15.8. The van der Waals surface area contributed by atoms with Gasteiger partial charge < -0.3 is 10.1 Å². The monoisotopic (exact) mass is 369 g/mol. The van der Waals surface area contributed by atoms with Gasteiger partial charge in [-0.3, -0.25) is 0 Å². The Morgan fingerprint density at radius 2 is 2.00 bits per heavy atom. The van der Waals surface area contributed by atoms with Gasteiger partial charge >= 0.3 is 0 Å². The average Bonchev–Trinajstić information content (AvgIpc) is 3.05. The van der Waals surface area contributed by atoms with Crippen molar-refractivity contribution in [2.75, 3.05) is 11.9 Å². The number of ether oxygens (including phenoxy) is 1. The first-order valence-corrected chi connectivity index (χ1v) is 9.01. The highest BCUT2D eigenvalue weighted by Gasteiger charge is 2.38. The zero-order valence-electron chi connectivity index (χ0n) is 13.1. The second kappa shape index (κ2) is 6.04. The van der Waals surface area contributed by atoms with Gasteiger partial charge in [-0.25, -0.2) is 0 Å². The summed E-state index contributed by atoms with van der Waals surface area (Å²) in [4.78, 5) is 0. The summed E-state index contributed by atoms with van der Waals surface area (Å²) < 4.78 is 6.98. The predicted octanol–water partition coefficient (Wildman–Crippen LogP) is 5.67. The summed E-state index contributed by atoms with van der Waals surface area (Å²) in [6.07, 6.45) is 5.81. The van der Waals surface area contributed by atoms with E-state index in [1.54, 1.807) is 0 Å². The molecular formula is C20H20BrNO. The van der Waals surface area contributed by atoms with E-state index in [1.807, 2.05) is 6.92 Å². The molecule has 0 fully saturated rings. The number of hydrogen-bond donors (Lipinski definition) is 1. The molecule has 0 saturated carbocycles. The Labute approximate surface area is 145 Å². The summed E-state index contributed by atoms with van der Waals surface area (Å²) in [5, 5.41) is 3.78. The van der Waals surface area contributed by atoms with Gasteiger partial charge in [0.05, 0.1) is 18.3 Å². The predicted molar refractivity (Wildman–Crippen MR) is 98.1 cm³/mol. The van der Waals surface area contributed by atoms with Crippen LogP contribution in [0, 0.1) is 5.92 Å². The third-order valence-electron chi connectivity index (χ3n) is 4.89. The maximum atomic E-state index is 5.86. The molecule has 4 rings (SSSR count). The molecule has 2 nitrogen and oxygen atoms in total. The van der Waals surface area contributed by atoms with Gasteiger partial charge in [-0.05, 0) is 48.6 Å². The first-order chi connectivity index (χ1) is 11.3. The summed E-state index contributed by atoms with van der Waals surface area (Å²) in [6, 6.07) is 15.4. The van der Waals surface area contributed by atoms with Gasteiger partial charge in [0.2, 0.25) is 0 Å². The molecule has 0 aromatic heterocycles. The summed E-state index contributed by atoms with van der Waals surface area (Å²) in [5.41, 5.74) is 3.86. The van der Waals surface area contributed by atoms with Crippen LogP contribution in [0.4, 0.5) is 5.69 Å². The lowest BCUT2D eigenvalue weighted by molar-refractivity contribution is 0.337. The van der Waals surface area contributed by atoms with Crippen molar-refractivity contribution in [2.24, 2.45) is 5.92 Å². The highest BCUT2D eigenvalue weighted by Crippen LogP contribution is 2.52. The van der Waals surface area contributed by atoms with Crippen LogP contribution in [-0.2, 0) is 0 Å². The normalized spacial score (nSPS) is 24.7. The van der Waals surface area contributed by atoms with E-state index in [1.165, 1.54) is 11.1 Å². The minimum atomic E-state index is 0.317. The number of fused-ring (bicyclic) bond motifs is 3. The Morgan fingerprint density at radius 1 is 1.17 bits per heavy atom. The van der Waals surface area contributed by atoms with Crippen molar-refractivity contribution < 1.29 is 4.74 Å². The minimum Gasteiger partial charge on any atom is -0.492 e. The third kappa shape index (κ3) is 2.57. The summed E-state index contributed by atoms with van der Waals surface area (Å²) in [5.74, 6) is 2.01. The van der Waals surface area contributed by atoms with Gasteiger partial charge in [0.1, 0.15) is 5.75 Å². The van der Waals surface area contributed by atoms with Crippen LogP contribution in [0.5, 0.6) is 5.75 Å². The Morgan fingerprint density at radius 3 is 2.78 bits per heavy atom. The second-order valence-electron chi connectivity index (χ2n) is 6.18. The average molecular weight is 370 g/mol. The van der Waals surface area contributed by atoms with E-state index in [9.17, 15) is 0 Å². The molecule has 23 heavy (non-hydrogen) atoms. The molecule has 2 aromatic rings. The van der Waals surface area contributed by atoms with Gasteiger partial charge in [0.25, 0.3) is 0 Å². The molecule has 2 aliphatic rings. The molecule has 1 aliphatic heterocycles. The van der Waals surface area contributed by atoms with Gasteiger partial charge in [0.15, 0.2) is 0 Å². The molecule has 118 valence electrons. The SMILES string of the molecule is CCOc1cccc2c1NC(c1ccc(Br)cc1)C1CC=CC21. The quantitative estimate of drug-likeness (QED) is 0.703. The van der Waals surface area contributed by atoms with Crippen LogP contribution in [0.25, 0.3) is 0 Å². The molecule has 3 heteroatoms. The van der Waals surface area contributed by atoms with Crippen molar-refractivity contribution in [1.82, 2.24) is 0 Å². The standard InChI is InChI=1S/C20H20BrNO/c1-2-23-18-8-4-7-17-15-5-3-6-16(15)19(22-20(17)18)13-9-11-14(21)12-10-13/h3-5,7-12,15-16,19,22H,2,6H2,1H3. The van der Waals surface area contributed by atoms with Gasteiger partial charge in [0, 0.05) is 10.4 Å². The van der Waals surface area contributed by atoms with Crippen LogP contribution in [0.1, 0.15) is 36.4 Å². The molecule has 0 radical (unpaired) electrons. The largest absolute Gasteiger partial charge is 0.492 e. The van der Waals surface area contributed by atoms with Crippen LogP contribution in [0.15, 0.2) is 59.1 Å². The molecule has 0 saturated heterocycles. The van der Waals surface area contributed by atoms with Crippen LogP contribution >= 0.6 is 15.9 Å². The zero-order valence-corrected chi connectivity index (χ0v) is 14.7. The number of allylic oxidation sites excluding steroid dienone is 2. The van der Waals surface area contributed by atoms with E-state index in [0.717, 1.165) is 22.3 Å². The number of benzene rings is 2. The fourth-order valence-corrected chi connectivity index (χ4v) is 4.13. The molecule has 0 bridgehead atoms. The summed E-state index contributed by atoms with van der Waals surface area (Å²) in [6.45, 7) is 2.72. The summed E-state index contributed by atoms with van der Waals surface area (Å²) >= 11 is 3.53. The number of nitrogens with one attached hydrogen (secondary N) is 1. The van der Waals surface area contributed by atoms with E-state index in [-0.39, 0.29) is 0 Å². The number of para-hydroxylation sites is 1. The van der Waals surface area contributed by atoms with Crippen molar-refractivity contribution in [3.05, 3.63) is 70.2 Å². The Bertz CT molecular complexity index is 738. The number of hydrogen-bond acceptors (Lipinski definition) is 2. The lowest BCUT2D eigenvalue weighted by Crippen LogP contribution is -2.29. The van der Waals surface area contributed by atoms with Gasteiger partial charge in [-0.2, -0.15) is 0 Å². The highest BCUT2D eigenvalue weighted by molar-refractivity contribution is 9.10.